The highest BCUT2D eigenvalue weighted by atomic mass is 79.9. The highest BCUT2D eigenvalue weighted by Crippen LogP contribution is 2.22. The average molecular weight is 337 g/mol. The molecule has 0 fully saturated rings. The van der Waals surface area contributed by atoms with Gasteiger partial charge < -0.3 is 5.32 Å². The van der Waals surface area contributed by atoms with E-state index >= 15 is 0 Å². The number of benzene rings is 1. The van der Waals surface area contributed by atoms with Gasteiger partial charge in [-0.3, -0.25) is 4.98 Å². The Morgan fingerprint density at radius 1 is 1.30 bits per heavy atom. The van der Waals surface area contributed by atoms with Crippen molar-refractivity contribution >= 4 is 15.9 Å². The van der Waals surface area contributed by atoms with Gasteiger partial charge in [-0.05, 0) is 53.0 Å². The van der Waals surface area contributed by atoms with Crippen molar-refractivity contribution in [3.05, 3.63) is 64.1 Å². The third-order valence-electron chi connectivity index (χ3n) is 3.12. The molecule has 0 spiro atoms. The molecule has 0 aliphatic rings. The van der Waals surface area contributed by atoms with E-state index in [1.807, 2.05) is 24.4 Å². The van der Waals surface area contributed by atoms with E-state index in [2.05, 4.69) is 33.2 Å². The van der Waals surface area contributed by atoms with Crippen LogP contribution in [0.2, 0.25) is 0 Å². The first-order chi connectivity index (χ1) is 9.70. The van der Waals surface area contributed by atoms with E-state index in [0.29, 0.717) is 12.0 Å². The van der Waals surface area contributed by atoms with Crippen LogP contribution in [0.1, 0.15) is 30.5 Å². The number of hydrogen-bond donors (Lipinski definition) is 1. The summed E-state index contributed by atoms with van der Waals surface area (Å²) in [6.07, 6.45) is 5.31. The molecule has 1 heterocycles. The van der Waals surface area contributed by atoms with Crippen molar-refractivity contribution < 1.29 is 4.39 Å². The van der Waals surface area contributed by atoms with E-state index in [-0.39, 0.29) is 11.9 Å². The Hall–Kier alpha value is -1.26. The van der Waals surface area contributed by atoms with Crippen LogP contribution in [0.4, 0.5) is 4.39 Å². The van der Waals surface area contributed by atoms with Crippen LogP contribution in [0.25, 0.3) is 0 Å². The topological polar surface area (TPSA) is 24.9 Å². The standard InChI is InChI=1S/C16H18BrFN2/c1-2-7-20-16(14-5-3-4-6-15(14)18)9-12-8-13(17)11-19-10-12/h3-6,8,10-11,16,20H,2,7,9H2,1H3. The van der Waals surface area contributed by atoms with Crippen LogP contribution in [-0.4, -0.2) is 11.5 Å². The Morgan fingerprint density at radius 2 is 2.10 bits per heavy atom. The van der Waals surface area contributed by atoms with Gasteiger partial charge in [-0.2, -0.15) is 0 Å². The Kier molecular flexibility index (Phi) is 5.68. The molecule has 20 heavy (non-hydrogen) atoms. The van der Waals surface area contributed by atoms with Gasteiger partial charge >= 0.3 is 0 Å². The van der Waals surface area contributed by atoms with Gasteiger partial charge in [0.2, 0.25) is 0 Å². The first-order valence-corrected chi connectivity index (χ1v) is 7.57. The number of aromatic nitrogens is 1. The predicted octanol–water partition coefficient (Wildman–Crippen LogP) is 4.27. The number of hydrogen-bond acceptors (Lipinski definition) is 2. The molecule has 4 heteroatoms. The van der Waals surface area contributed by atoms with Gasteiger partial charge in [0.25, 0.3) is 0 Å². The zero-order chi connectivity index (χ0) is 14.4. The quantitative estimate of drug-likeness (QED) is 0.852. The third kappa shape index (κ3) is 4.12. The van der Waals surface area contributed by atoms with E-state index in [1.54, 1.807) is 12.3 Å². The molecule has 1 N–H and O–H groups in total. The minimum atomic E-state index is -0.163. The largest absolute Gasteiger partial charge is 0.310 e. The molecule has 2 nitrogen and oxygen atoms in total. The summed E-state index contributed by atoms with van der Waals surface area (Å²) < 4.78 is 14.9. The first-order valence-electron chi connectivity index (χ1n) is 6.78. The lowest BCUT2D eigenvalue weighted by atomic mass is 9.99. The SMILES string of the molecule is CCCNC(Cc1cncc(Br)c1)c1ccccc1F. The molecule has 0 radical (unpaired) electrons. The van der Waals surface area contributed by atoms with E-state index in [9.17, 15) is 4.39 Å². The van der Waals surface area contributed by atoms with Gasteiger partial charge in [-0.1, -0.05) is 25.1 Å². The molecular weight excluding hydrogens is 319 g/mol. The van der Waals surface area contributed by atoms with Crippen LogP contribution in [0.15, 0.2) is 47.2 Å². The smallest absolute Gasteiger partial charge is 0.127 e. The zero-order valence-electron chi connectivity index (χ0n) is 11.4. The van der Waals surface area contributed by atoms with Crippen LogP contribution in [0.3, 0.4) is 0 Å². The molecule has 1 aromatic carbocycles. The monoisotopic (exact) mass is 336 g/mol. The molecule has 0 bridgehead atoms. The first kappa shape index (κ1) is 15.1. The van der Waals surface area contributed by atoms with E-state index < -0.39 is 0 Å². The van der Waals surface area contributed by atoms with Crippen LogP contribution in [-0.2, 0) is 6.42 Å². The van der Waals surface area contributed by atoms with Crippen molar-refractivity contribution in [2.75, 3.05) is 6.54 Å². The molecular formula is C16H18BrFN2. The predicted molar refractivity (Wildman–Crippen MR) is 83.1 cm³/mol. The van der Waals surface area contributed by atoms with Gasteiger partial charge in [-0.15, -0.1) is 0 Å². The molecule has 0 aliphatic carbocycles. The van der Waals surface area contributed by atoms with E-state index in [0.717, 1.165) is 23.0 Å². The summed E-state index contributed by atoms with van der Waals surface area (Å²) in [4.78, 5) is 4.17. The minimum Gasteiger partial charge on any atom is -0.310 e. The van der Waals surface area contributed by atoms with E-state index in [1.165, 1.54) is 6.07 Å². The Bertz CT molecular complexity index is 560. The number of nitrogens with one attached hydrogen (secondary N) is 1. The van der Waals surface area contributed by atoms with Gasteiger partial charge in [0.05, 0.1) is 0 Å². The summed E-state index contributed by atoms with van der Waals surface area (Å²) in [5, 5.41) is 3.41. The van der Waals surface area contributed by atoms with Crippen molar-refractivity contribution in [1.29, 1.82) is 0 Å². The number of halogens is 2. The molecule has 106 valence electrons. The van der Waals surface area contributed by atoms with Gasteiger partial charge in [-0.25, -0.2) is 4.39 Å². The second kappa shape index (κ2) is 7.50. The summed E-state index contributed by atoms with van der Waals surface area (Å²) in [6.45, 7) is 2.96. The molecule has 1 atom stereocenters. The Labute approximate surface area is 127 Å². The third-order valence-corrected chi connectivity index (χ3v) is 3.56. The lowest BCUT2D eigenvalue weighted by Gasteiger charge is -2.19. The molecule has 2 aromatic rings. The van der Waals surface area contributed by atoms with Crippen LogP contribution < -0.4 is 5.32 Å². The maximum Gasteiger partial charge on any atom is 0.127 e. The fourth-order valence-corrected chi connectivity index (χ4v) is 2.58. The van der Waals surface area contributed by atoms with Crippen LogP contribution in [0, 0.1) is 5.82 Å². The van der Waals surface area contributed by atoms with Gasteiger partial charge in [0.15, 0.2) is 0 Å². The van der Waals surface area contributed by atoms with E-state index in [4.69, 9.17) is 0 Å². The lowest BCUT2D eigenvalue weighted by Crippen LogP contribution is -2.25. The number of rotatable bonds is 6. The van der Waals surface area contributed by atoms with Gasteiger partial charge in [0.1, 0.15) is 5.82 Å². The lowest BCUT2D eigenvalue weighted by molar-refractivity contribution is 0.496. The van der Waals surface area contributed by atoms with Crippen LogP contribution >= 0.6 is 15.9 Å². The van der Waals surface area contributed by atoms with Crippen molar-refractivity contribution in [2.24, 2.45) is 0 Å². The van der Waals surface area contributed by atoms with Crippen molar-refractivity contribution in [3.63, 3.8) is 0 Å². The van der Waals surface area contributed by atoms with Gasteiger partial charge in [0, 0.05) is 28.5 Å². The minimum absolute atomic E-state index is 0.0350. The summed E-state index contributed by atoms with van der Waals surface area (Å²) in [6, 6.07) is 8.93. The highest BCUT2D eigenvalue weighted by molar-refractivity contribution is 9.10. The number of nitrogens with zero attached hydrogens (tertiary/aromatic N) is 1. The maximum atomic E-state index is 14.0. The molecule has 2 rings (SSSR count). The summed E-state index contributed by atoms with van der Waals surface area (Å²) in [5.41, 5.74) is 1.79. The van der Waals surface area contributed by atoms with Crippen LogP contribution in [0.5, 0.6) is 0 Å². The second-order valence-electron chi connectivity index (χ2n) is 4.74. The second-order valence-corrected chi connectivity index (χ2v) is 5.66. The summed E-state index contributed by atoms with van der Waals surface area (Å²) in [7, 11) is 0. The summed E-state index contributed by atoms with van der Waals surface area (Å²) >= 11 is 3.42. The number of pyridine rings is 1. The van der Waals surface area contributed by atoms with Crippen molar-refractivity contribution in [1.82, 2.24) is 10.3 Å². The summed E-state index contributed by atoms with van der Waals surface area (Å²) in [5.74, 6) is -0.163. The molecule has 0 saturated carbocycles. The normalized spacial score (nSPS) is 12.3. The Morgan fingerprint density at radius 3 is 2.80 bits per heavy atom. The average Bonchev–Trinajstić information content (AvgIpc) is 2.44. The van der Waals surface area contributed by atoms with Crippen molar-refractivity contribution in [2.45, 2.75) is 25.8 Å². The molecule has 1 unspecified atom stereocenters. The zero-order valence-corrected chi connectivity index (χ0v) is 13.0. The van der Waals surface area contributed by atoms with Crippen molar-refractivity contribution in [3.8, 4) is 0 Å². The molecule has 0 aliphatic heterocycles. The Balaban J connectivity index is 2.22. The maximum absolute atomic E-state index is 14.0. The fraction of sp³-hybridized carbons (Fsp3) is 0.312. The highest BCUT2D eigenvalue weighted by Gasteiger charge is 2.15. The molecule has 0 saturated heterocycles. The fourth-order valence-electron chi connectivity index (χ4n) is 2.17. The molecule has 1 aromatic heterocycles. The molecule has 0 amide bonds.